The SMILES string of the molecule is C=Cc1cc(C)c(=O)n(C)c1/C=C\C.CC. The highest BCUT2D eigenvalue weighted by atomic mass is 16.1. The summed E-state index contributed by atoms with van der Waals surface area (Å²) in [5.74, 6) is 0. The summed E-state index contributed by atoms with van der Waals surface area (Å²) in [4.78, 5) is 11.6. The molecular formula is C14H21NO. The van der Waals surface area contributed by atoms with Gasteiger partial charge in [0.1, 0.15) is 0 Å². The minimum atomic E-state index is 0.0451. The summed E-state index contributed by atoms with van der Waals surface area (Å²) < 4.78 is 1.65. The normalized spacial score (nSPS) is 9.81. The van der Waals surface area contributed by atoms with Crippen molar-refractivity contribution in [1.82, 2.24) is 4.57 Å². The zero-order valence-electron chi connectivity index (χ0n) is 10.9. The number of hydrogen-bond donors (Lipinski definition) is 0. The van der Waals surface area contributed by atoms with E-state index in [0.29, 0.717) is 0 Å². The van der Waals surface area contributed by atoms with E-state index in [1.807, 2.05) is 45.9 Å². The van der Waals surface area contributed by atoms with Gasteiger partial charge < -0.3 is 4.57 Å². The Morgan fingerprint density at radius 3 is 2.38 bits per heavy atom. The lowest BCUT2D eigenvalue weighted by molar-refractivity contribution is 0.834. The van der Waals surface area contributed by atoms with Crippen LogP contribution in [0.25, 0.3) is 12.2 Å². The van der Waals surface area contributed by atoms with E-state index in [0.717, 1.165) is 16.8 Å². The maximum absolute atomic E-state index is 11.6. The van der Waals surface area contributed by atoms with Crippen molar-refractivity contribution < 1.29 is 0 Å². The molecule has 1 aromatic heterocycles. The molecule has 2 nitrogen and oxygen atoms in total. The average molecular weight is 219 g/mol. The van der Waals surface area contributed by atoms with Gasteiger partial charge in [0.15, 0.2) is 0 Å². The summed E-state index contributed by atoms with van der Waals surface area (Å²) in [6, 6.07) is 1.87. The van der Waals surface area contributed by atoms with Crippen molar-refractivity contribution in [2.45, 2.75) is 27.7 Å². The number of pyridine rings is 1. The lowest BCUT2D eigenvalue weighted by Crippen LogP contribution is -2.21. The quantitative estimate of drug-likeness (QED) is 0.747. The van der Waals surface area contributed by atoms with Crippen LogP contribution in [0.5, 0.6) is 0 Å². The van der Waals surface area contributed by atoms with Gasteiger partial charge in [-0.15, -0.1) is 0 Å². The van der Waals surface area contributed by atoms with Gasteiger partial charge in [0.05, 0.1) is 5.69 Å². The molecule has 88 valence electrons. The largest absolute Gasteiger partial charge is 0.311 e. The highest BCUT2D eigenvalue weighted by Crippen LogP contribution is 2.11. The molecule has 0 fully saturated rings. The first-order valence-corrected chi connectivity index (χ1v) is 5.57. The van der Waals surface area contributed by atoms with E-state index in [-0.39, 0.29) is 5.56 Å². The number of aromatic nitrogens is 1. The number of rotatable bonds is 2. The lowest BCUT2D eigenvalue weighted by atomic mass is 10.1. The second kappa shape index (κ2) is 6.83. The van der Waals surface area contributed by atoms with Gasteiger partial charge in [0.25, 0.3) is 5.56 Å². The first-order valence-electron chi connectivity index (χ1n) is 5.57. The number of aryl methyl sites for hydroxylation is 1. The Balaban J connectivity index is 0.00000106. The van der Waals surface area contributed by atoms with Crippen molar-refractivity contribution in [3.05, 3.63) is 45.9 Å². The van der Waals surface area contributed by atoms with Crippen LogP contribution in [0, 0.1) is 6.92 Å². The average Bonchev–Trinajstić information content (AvgIpc) is 2.32. The molecule has 0 aliphatic heterocycles. The van der Waals surface area contributed by atoms with E-state index in [2.05, 4.69) is 6.58 Å². The van der Waals surface area contributed by atoms with Crippen LogP contribution in [0.2, 0.25) is 0 Å². The fraction of sp³-hybridized carbons (Fsp3) is 0.357. The van der Waals surface area contributed by atoms with E-state index < -0.39 is 0 Å². The Labute approximate surface area is 97.9 Å². The smallest absolute Gasteiger partial charge is 0.253 e. The molecule has 0 aromatic carbocycles. The Morgan fingerprint density at radius 2 is 1.94 bits per heavy atom. The molecule has 0 atom stereocenters. The lowest BCUT2D eigenvalue weighted by Gasteiger charge is -2.09. The zero-order valence-corrected chi connectivity index (χ0v) is 10.9. The van der Waals surface area contributed by atoms with Crippen LogP contribution < -0.4 is 5.56 Å². The molecule has 0 aliphatic carbocycles. The molecule has 1 rings (SSSR count). The van der Waals surface area contributed by atoms with Gasteiger partial charge in [0.2, 0.25) is 0 Å². The van der Waals surface area contributed by atoms with Gasteiger partial charge in [-0.2, -0.15) is 0 Å². The van der Waals surface area contributed by atoms with Crippen LogP contribution in [-0.4, -0.2) is 4.57 Å². The number of hydrogen-bond acceptors (Lipinski definition) is 1. The molecule has 0 saturated heterocycles. The monoisotopic (exact) mass is 219 g/mol. The predicted molar refractivity (Wildman–Crippen MR) is 72.6 cm³/mol. The molecule has 0 aliphatic rings. The molecule has 0 radical (unpaired) electrons. The molecule has 0 bridgehead atoms. The van der Waals surface area contributed by atoms with Crippen molar-refractivity contribution in [1.29, 1.82) is 0 Å². The summed E-state index contributed by atoms with van der Waals surface area (Å²) in [6.45, 7) is 11.5. The molecule has 0 unspecified atom stereocenters. The van der Waals surface area contributed by atoms with Crippen molar-refractivity contribution >= 4 is 12.2 Å². The summed E-state index contributed by atoms with van der Waals surface area (Å²) in [5, 5.41) is 0. The Morgan fingerprint density at radius 1 is 1.38 bits per heavy atom. The summed E-state index contributed by atoms with van der Waals surface area (Å²) in [5.41, 5.74) is 2.68. The maximum atomic E-state index is 11.6. The first-order chi connectivity index (χ1) is 7.61. The highest BCUT2D eigenvalue weighted by Gasteiger charge is 2.04. The molecule has 0 N–H and O–H groups in total. The van der Waals surface area contributed by atoms with E-state index in [1.54, 1.807) is 17.7 Å². The van der Waals surface area contributed by atoms with Crippen LogP contribution in [0.4, 0.5) is 0 Å². The molecule has 2 heteroatoms. The topological polar surface area (TPSA) is 22.0 Å². The second-order valence-corrected chi connectivity index (χ2v) is 3.24. The molecule has 1 aromatic rings. The third-order valence-corrected chi connectivity index (χ3v) is 2.22. The molecule has 16 heavy (non-hydrogen) atoms. The minimum Gasteiger partial charge on any atom is -0.311 e. The van der Waals surface area contributed by atoms with Crippen molar-refractivity contribution in [3.8, 4) is 0 Å². The van der Waals surface area contributed by atoms with Crippen molar-refractivity contribution in [3.63, 3.8) is 0 Å². The van der Waals surface area contributed by atoms with Gasteiger partial charge in [-0.25, -0.2) is 0 Å². The van der Waals surface area contributed by atoms with Crippen LogP contribution >= 0.6 is 0 Å². The number of nitrogens with zero attached hydrogens (tertiary/aromatic N) is 1. The van der Waals surface area contributed by atoms with E-state index in [9.17, 15) is 4.79 Å². The molecule has 0 amide bonds. The molecule has 0 saturated carbocycles. The van der Waals surface area contributed by atoms with Crippen molar-refractivity contribution in [2.75, 3.05) is 0 Å². The van der Waals surface area contributed by atoms with Gasteiger partial charge in [0, 0.05) is 12.6 Å². The third kappa shape index (κ3) is 2.96. The highest BCUT2D eigenvalue weighted by molar-refractivity contribution is 5.62. The molecule has 0 spiro atoms. The fourth-order valence-electron chi connectivity index (χ4n) is 1.47. The Kier molecular flexibility index (Phi) is 6.16. The predicted octanol–water partition coefficient (Wildman–Crippen LogP) is 3.40. The van der Waals surface area contributed by atoms with Crippen molar-refractivity contribution in [2.24, 2.45) is 7.05 Å². The van der Waals surface area contributed by atoms with E-state index >= 15 is 0 Å². The standard InChI is InChI=1S/C12H15NO.C2H6/c1-5-7-11-10(6-2)8-9(3)12(14)13(11)4;1-2/h5-8H,2H2,1,3-4H3;1-2H3/b7-5-;. The Hall–Kier alpha value is -1.57. The van der Waals surface area contributed by atoms with Crippen LogP contribution in [-0.2, 0) is 7.05 Å². The van der Waals surface area contributed by atoms with E-state index in [1.165, 1.54) is 0 Å². The Bertz CT molecular complexity index is 439. The third-order valence-electron chi connectivity index (χ3n) is 2.22. The van der Waals surface area contributed by atoms with Gasteiger partial charge in [-0.1, -0.05) is 32.6 Å². The fourth-order valence-corrected chi connectivity index (χ4v) is 1.47. The molecule has 1 heterocycles. The van der Waals surface area contributed by atoms with Crippen LogP contribution in [0.1, 0.15) is 37.6 Å². The zero-order chi connectivity index (χ0) is 12.7. The van der Waals surface area contributed by atoms with Crippen LogP contribution in [0.3, 0.4) is 0 Å². The second-order valence-electron chi connectivity index (χ2n) is 3.24. The molecular weight excluding hydrogens is 198 g/mol. The van der Waals surface area contributed by atoms with Crippen LogP contribution in [0.15, 0.2) is 23.5 Å². The van der Waals surface area contributed by atoms with E-state index in [4.69, 9.17) is 0 Å². The minimum absolute atomic E-state index is 0.0451. The summed E-state index contributed by atoms with van der Waals surface area (Å²) in [7, 11) is 1.78. The summed E-state index contributed by atoms with van der Waals surface area (Å²) in [6.07, 6.45) is 5.59. The van der Waals surface area contributed by atoms with Gasteiger partial charge in [-0.05, 0) is 31.6 Å². The summed E-state index contributed by atoms with van der Waals surface area (Å²) >= 11 is 0. The van der Waals surface area contributed by atoms with Gasteiger partial charge in [-0.3, -0.25) is 4.79 Å². The number of allylic oxidation sites excluding steroid dienone is 1. The first kappa shape index (κ1) is 14.4. The maximum Gasteiger partial charge on any atom is 0.253 e. The van der Waals surface area contributed by atoms with Gasteiger partial charge >= 0.3 is 0 Å².